The van der Waals surface area contributed by atoms with Crippen LogP contribution in [0.5, 0.6) is 11.5 Å². The molecule has 0 saturated heterocycles. The summed E-state index contributed by atoms with van der Waals surface area (Å²) in [6.45, 7) is 0.409. The Kier molecular flexibility index (Phi) is 6.72. The van der Waals surface area contributed by atoms with E-state index in [1.165, 1.54) is 0 Å². The van der Waals surface area contributed by atoms with Crippen LogP contribution in [0, 0.1) is 3.57 Å². The van der Waals surface area contributed by atoms with E-state index >= 15 is 0 Å². The molecule has 7 heteroatoms. The lowest BCUT2D eigenvalue weighted by molar-refractivity contribution is -0.129. The molecule has 0 aromatic heterocycles. The van der Waals surface area contributed by atoms with Crippen molar-refractivity contribution in [3.63, 3.8) is 0 Å². The fraction of sp³-hybridized carbons (Fsp3) is 0.0833. The number of hydrogen-bond donors (Lipinski definition) is 0. The van der Waals surface area contributed by atoms with Crippen LogP contribution >= 0.6 is 38.5 Å². The molecular formula is C24H17BrINO4. The van der Waals surface area contributed by atoms with Gasteiger partial charge in [0.05, 0.1) is 7.11 Å². The van der Waals surface area contributed by atoms with Crippen LogP contribution in [0.15, 0.2) is 81.9 Å². The lowest BCUT2D eigenvalue weighted by atomic mass is 10.1. The van der Waals surface area contributed by atoms with Crippen LogP contribution in [0.25, 0.3) is 6.08 Å². The average Bonchev–Trinajstić information content (AvgIpc) is 3.13. The Morgan fingerprint density at radius 3 is 2.61 bits per heavy atom. The maximum Gasteiger partial charge on any atom is 0.363 e. The molecule has 0 bridgehead atoms. The normalized spacial score (nSPS) is 14.4. The van der Waals surface area contributed by atoms with Gasteiger partial charge in [-0.1, -0.05) is 34.1 Å². The molecule has 0 atom stereocenters. The quantitative estimate of drug-likeness (QED) is 0.201. The van der Waals surface area contributed by atoms with Crippen LogP contribution in [0.4, 0.5) is 0 Å². The fourth-order valence-electron chi connectivity index (χ4n) is 2.96. The Morgan fingerprint density at radius 2 is 1.87 bits per heavy atom. The lowest BCUT2D eigenvalue weighted by Crippen LogP contribution is -2.05. The van der Waals surface area contributed by atoms with Gasteiger partial charge in [0.15, 0.2) is 17.2 Å². The molecule has 0 amide bonds. The van der Waals surface area contributed by atoms with Crippen LogP contribution < -0.4 is 9.47 Å². The van der Waals surface area contributed by atoms with Gasteiger partial charge in [0.2, 0.25) is 5.90 Å². The summed E-state index contributed by atoms with van der Waals surface area (Å²) in [4.78, 5) is 16.6. The highest BCUT2D eigenvalue weighted by molar-refractivity contribution is 14.1. The molecule has 0 aliphatic carbocycles. The van der Waals surface area contributed by atoms with Crippen molar-refractivity contribution in [1.29, 1.82) is 0 Å². The molecule has 1 aliphatic rings. The minimum atomic E-state index is -0.484. The lowest BCUT2D eigenvalue weighted by Gasteiger charge is -2.11. The standard InChI is InChI=1S/C24H17BrINO4/c1-29-22-13-15(5-10-21(22)30-14-16-3-2-4-18(25)11-16)12-20-24(28)31-23(27-20)17-6-8-19(26)9-7-17/h2-13H,14H2,1H3/b20-12-. The zero-order valence-electron chi connectivity index (χ0n) is 16.5. The summed E-state index contributed by atoms with van der Waals surface area (Å²) >= 11 is 5.68. The Labute approximate surface area is 202 Å². The number of halogens is 2. The number of cyclic esters (lactones) is 1. The Hall–Kier alpha value is -2.65. The van der Waals surface area contributed by atoms with Gasteiger partial charge in [0.1, 0.15) is 6.61 Å². The minimum absolute atomic E-state index is 0.235. The molecule has 31 heavy (non-hydrogen) atoms. The van der Waals surface area contributed by atoms with E-state index in [4.69, 9.17) is 14.2 Å². The maximum atomic E-state index is 12.3. The average molecular weight is 590 g/mol. The molecule has 5 nitrogen and oxygen atoms in total. The number of rotatable bonds is 6. The van der Waals surface area contributed by atoms with E-state index in [-0.39, 0.29) is 5.70 Å². The summed E-state index contributed by atoms with van der Waals surface area (Å²) < 4.78 is 18.8. The third-order valence-corrected chi connectivity index (χ3v) is 5.70. The van der Waals surface area contributed by atoms with Gasteiger partial charge in [-0.25, -0.2) is 9.79 Å². The van der Waals surface area contributed by atoms with E-state index in [9.17, 15) is 4.79 Å². The van der Waals surface area contributed by atoms with Gasteiger partial charge in [-0.2, -0.15) is 0 Å². The molecule has 0 N–H and O–H groups in total. The second-order valence-corrected chi connectivity index (χ2v) is 8.83. The molecule has 156 valence electrons. The summed E-state index contributed by atoms with van der Waals surface area (Å²) in [6.07, 6.45) is 1.67. The van der Waals surface area contributed by atoms with Crippen LogP contribution in [-0.4, -0.2) is 19.0 Å². The summed E-state index contributed by atoms with van der Waals surface area (Å²) in [5.74, 6) is 0.996. The molecule has 0 fully saturated rings. The van der Waals surface area contributed by atoms with Crippen molar-refractivity contribution in [1.82, 2.24) is 0 Å². The molecular weight excluding hydrogens is 573 g/mol. The van der Waals surface area contributed by atoms with E-state index in [0.29, 0.717) is 24.0 Å². The smallest absolute Gasteiger partial charge is 0.363 e. The second kappa shape index (κ2) is 9.65. The molecule has 1 heterocycles. The molecule has 1 aliphatic heterocycles. The van der Waals surface area contributed by atoms with Crippen molar-refractivity contribution in [2.45, 2.75) is 6.61 Å². The highest BCUT2D eigenvalue weighted by atomic mass is 127. The molecule has 3 aromatic rings. The second-order valence-electron chi connectivity index (χ2n) is 6.67. The van der Waals surface area contributed by atoms with Gasteiger partial charge in [0, 0.05) is 13.6 Å². The molecule has 0 spiro atoms. The Morgan fingerprint density at radius 1 is 1.06 bits per heavy atom. The van der Waals surface area contributed by atoms with Crippen molar-refractivity contribution < 1.29 is 19.0 Å². The summed E-state index contributed by atoms with van der Waals surface area (Å²) in [6, 6.07) is 21.0. The topological polar surface area (TPSA) is 57.1 Å². The first-order valence-corrected chi connectivity index (χ1v) is 11.2. The molecule has 0 radical (unpaired) electrons. The minimum Gasteiger partial charge on any atom is -0.493 e. The molecule has 0 unspecified atom stereocenters. The van der Waals surface area contributed by atoms with Gasteiger partial charge >= 0.3 is 5.97 Å². The SMILES string of the molecule is COc1cc(/C=C2\N=C(c3ccc(I)cc3)OC2=O)ccc1OCc1cccc(Br)c1. The van der Waals surface area contributed by atoms with E-state index in [2.05, 4.69) is 43.5 Å². The van der Waals surface area contributed by atoms with E-state index in [0.717, 1.165) is 24.7 Å². The first kappa shape index (κ1) is 21.6. The van der Waals surface area contributed by atoms with Crippen molar-refractivity contribution in [3.05, 3.63) is 97.2 Å². The number of ether oxygens (including phenoxy) is 3. The van der Waals surface area contributed by atoms with Crippen molar-refractivity contribution in [3.8, 4) is 11.5 Å². The fourth-order valence-corrected chi connectivity index (χ4v) is 3.77. The number of carbonyl (C=O) groups is 1. The van der Waals surface area contributed by atoms with Crippen LogP contribution in [0.2, 0.25) is 0 Å². The number of esters is 1. The van der Waals surface area contributed by atoms with Crippen LogP contribution in [-0.2, 0) is 16.1 Å². The Balaban J connectivity index is 1.53. The largest absolute Gasteiger partial charge is 0.493 e. The third kappa shape index (κ3) is 5.34. The summed E-state index contributed by atoms with van der Waals surface area (Å²) in [5, 5.41) is 0. The Bertz CT molecular complexity index is 1190. The predicted molar refractivity (Wildman–Crippen MR) is 131 cm³/mol. The van der Waals surface area contributed by atoms with Gasteiger partial charge in [-0.05, 0) is 88.3 Å². The predicted octanol–water partition coefficient (Wildman–Crippen LogP) is 5.99. The third-order valence-electron chi connectivity index (χ3n) is 4.49. The van der Waals surface area contributed by atoms with E-state index in [1.807, 2.05) is 60.7 Å². The monoisotopic (exact) mass is 589 g/mol. The van der Waals surface area contributed by atoms with Gasteiger partial charge < -0.3 is 14.2 Å². The number of benzene rings is 3. The van der Waals surface area contributed by atoms with Crippen LogP contribution in [0.3, 0.4) is 0 Å². The number of methoxy groups -OCH3 is 1. The van der Waals surface area contributed by atoms with Crippen molar-refractivity contribution in [2.75, 3.05) is 7.11 Å². The molecule has 4 rings (SSSR count). The van der Waals surface area contributed by atoms with Crippen molar-refractivity contribution >= 4 is 56.5 Å². The summed E-state index contributed by atoms with van der Waals surface area (Å²) in [5.41, 5.74) is 2.78. The van der Waals surface area contributed by atoms with Crippen LogP contribution in [0.1, 0.15) is 16.7 Å². The molecule has 3 aromatic carbocycles. The molecule has 0 saturated carbocycles. The highest BCUT2D eigenvalue weighted by Gasteiger charge is 2.24. The maximum absolute atomic E-state index is 12.3. The van der Waals surface area contributed by atoms with Crippen molar-refractivity contribution in [2.24, 2.45) is 4.99 Å². The van der Waals surface area contributed by atoms with E-state index in [1.54, 1.807) is 19.3 Å². The zero-order chi connectivity index (χ0) is 21.8. The zero-order valence-corrected chi connectivity index (χ0v) is 20.2. The first-order chi connectivity index (χ1) is 15.0. The number of aliphatic imine (C=N–C) groups is 1. The van der Waals surface area contributed by atoms with Gasteiger partial charge in [-0.15, -0.1) is 0 Å². The number of carbonyl (C=O) groups excluding carboxylic acids is 1. The van der Waals surface area contributed by atoms with Gasteiger partial charge in [0.25, 0.3) is 0 Å². The highest BCUT2D eigenvalue weighted by Crippen LogP contribution is 2.30. The summed E-state index contributed by atoms with van der Waals surface area (Å²) in [7, 11) is 1.58. The van der Waals surface area contributed by atoms with E-state index < -0.39 is 5.97 Å². The number of hydrogen-bond acceptors (Lipinski definition) is 5. The van der Waals surface area contributed by atoms with Gasteiger partial charge in [-0.3, -0.25) is 0 Å². The number of nitrogens with zero attached hydrogens (tertiary/aromatic N) is 1. The first-order valence-electron chi connectivity index (χ1n) is 9.35.